The quantitative estimate of drug-likeness (QED) is 0.781. The maximum Gasteiger partial charge on any atom is 0.251 e. The van der Waals surface area contributed by atoms with E-state index in [2.05, 4.69) is 15.5 Å². The van der Waals surface area contributed by atoms with Gasteiger partial charge in [-0.1, -0.05) is 47.1 Å². The number of aromatic nitrogens is 2. The molecule has 0 aliphatic rings. The Labute approximate surface area is 138 Å². The monoisotopic (exact) mass is 327 g/mol. The minimum atomic E-state index is -0.212. The maximum absolute atomic E-state index is 12.0. The van der Waals surface area contributed by atoms with E-state index in [4.69, 9.17) is 16.1 Å². The largest absolute Gasteiger partial charge is 0.345 e. The first-order chi connectivity index (χ1) is 11.2. The molecular formula is C17H14ClN3O2. The molecule has 0 atom stereocenters. The van der Waals surface area contributed by atoms with E-state index < -0.39 is 0 Å². The Kier molecular flexibility index (Phi) is 4.68. The van der Waals surface area contributed by atoms with Crippen LogP contribution in [0.5, 0.6) is 0 Å². The van der Waals surface area contributed by atoms with E-state index in [1.165, 1.54) is 0 Å². The highest BCUT2D eigenvalue weighted by molar-refractivity contribution is 6.30. The molecule has 3 rings (SSSR count). The smallest absolute Gasteiger partial charge is 0.251 e. The first-order valence-electron chi connectivity index (χ1n) is 7.10. The van der Waals surface area contributed by atoms with Gasteiger partial charge in [-0.05, 0) is 29.8 Å². The summed E-state index contributed by atoms with van der Waals surface area (Å²) in [6, 6.07) is 16.5. The SMILES string of the molecule is O=C(NCc1noc(Cc2ccccc2)n1)c1ccc(Cl)cc1. The molecule has 0 aliphatic heterocycles. The van der Waals surface area contributed by atoms with Crippen LogP contribution >= 0.6 is 11.6 Å². The van der Waals surface area contributed by atoms with Gasteiger partial charge in [-0.25, -0.2) is 0 Å². The van der Waals surface area contributed by atoms with Crippen molar-refractivity contribution in [3.05, 3.63) is 82.5 Å². The fourth-order valence-electron chi connectivity index (χ4n) is 2.07. The molecule has 0 radical (unpaired) electrons. The zero-order chi connectivity index (χ0) is 16.1. The lowest BCUT2D eigenvalue weighted by molar-refractivity contribution is 0.0949. The summed E-state index contributed by atoms with van der Waals surface area (Å²) in [4.78, 5) is 16.3. The van der Waals surface area contributed by atoms with Gasteiger partial charge in [0.25, 0.3) is 5.91 Å². The van der Waals surface area contributed by atoms with Crippen LogP contribution in [0.4, 0.5) is 0 Å². The van der Waals surface area contributed by atoms with E-state index >= 15 is 0 Å². The summed E-state index contributed by atoms with van der Waals surface area (Å²) in [5.41, 5.74) is 1.62. The third-order valence-corrected chi connectivity index (χ3v) is 3.47. The Morgan fingerprint density at radius 2 is 1.83 bits per heavy atom. The number of amides is 1. The van der Waals surface area contributed by atoms with Gasteiger partial charge in [-0.15, -0.1) is 0 Å². The van der Waals surface area contributed by atoms with Crippen molar-refractivity contribution in [1.29, 1.82) is 0 Å². The number of halogens is 1. The predicted octanol–water partition coefficient (Wildman–Crippen LogP) is 3.24. The third-order valence-electron chi connectivity index (χ3n) is 3.22. The molecule has 1 heterocycles. The first-order valence-corrected chi connectivity index (χ1v) is 7.47. The second kappa shape index (κ2) is 7.07. The number of carbonyl (C=O) groups excluding carboxylic acids is 1. The van der Waals surface area contributed by atoms with E-state index in [1.807, 2.05) is 30.3 Å². The van der Waals surface area contributed by atoms with Gasteiger partial charge in [0.1, 0.15) is 0 Å². The summed E-state index contributed by atoms with van der Waals surface area (Å²) < 4.78 is 5.19. The average molecular weight is 328 g/mol. The zero-order valence-electron chi connectivity index (χ0n) is 12.2. The molecule has 3 aromatic rings. The van der Waals surface area contributed by atoms with Gasteiger partial charge in [0.05, 0.1) is 13.0 Å². The molecule has 0 aliphatic carbocycles. The van der Waals surface area contributed by atoms with Crippen LogP contribution in [0.25, 0.3) is 0 Å². The number of hydrogen-bond donors (Lipinski definition) is 1. The lowest BCUT2D eigenvalue weighted by Gasteiger charge is -2.02. The molecule has 0 spiro atoms. The second-order valence-corrected chi connectivity index (χ2v) is 5.39. The minimum Gasteiger partial charge on any atom is -0.345 e. The fourth-order valence-corrected chi connectivity index (χ4v) is 2.19. The molecule has 1 aromatic heterocycles. The highest BCUT2D eigenvalue weighted by atomic mass is 35.5. The van der Waals surface area contributed by atoms with Gasteiger partial charge in [0.15, 0.2) is 5.82 Å². The topological polar surface area (TPSA) is 68.0 Å². The number of nitrogens with zero attached hydrogens (tertiary/aromatic N) is 2. The maximum atomic E-state index is 12.0. The molecule has 0 saturated heterocycles. The average Bonchev–Trinajstić information content (AvgIpc) is 3.02. The highest BCUT2D eigenvalue weighted by Crippen LogP contribution is 2.10. The third kappa shape index (κ3) is 4.17. The molecular weight excluding hydrogens is 314 g/mol. The number of hydrogen-bond acceptors (Lipinski definition) is 4. The van der Waals surface area contributed by atoms with Gasteiger partial charge >= 0.3 is 0 Å². The Hall–Kier alpha value is -2.66. The van der Waals surface area contributed by atoms with Crippen molar-refractivity contribution >= 4 is 17.5 Å². The van der Waals surface area contributed by atoms with Crippen LogP contribution in [0.3, 0.4) is 0 Å². The van der Waals surface area contributed by atoms with Crippen molar-refractivity contribution in [2.75, 3.05) is 0 Å². The van der Waals surface area contributed by atoms with Gasteiger partial charge < -0.3 is 9.84 Å². The van der Waals surface area contributed by atoms with Gasteiger partial charge in [0, 0.05) is 10.6 Å². The zero-order valence-corrected chi connectivity index (χ0v) is 13.0. The number of benzene rings is 2. The van der Waals surface area contributed by atoms with Crippen molar-refractivity contribution in [2.45, 2.75) is 13.0 Å². The molecule has 23 heavy (non-hydrogen) atoms. The molecule has 5 nitrogen and oxygen atoms in total. The molecule has 2 aromatic carbocycles. The number of rotatable bonds is 5. The van der Waals surface area contributed by atoms with E-state index in [0.717, 1.165) is 5.56 Å². The minimum absolute atomic E-state index is 0.208. The molecule has 1 amide bonds. The number of carbonyl (C=O) groups is 1. The molecule has 0 fully saturated rings. The van der Waals surface area contributed by atoms with Gasteiger partial charge in [-0.2, -0.15) is 4.98 Å². The Balaban J connectivity index is 1.57. The Morgan fingerprint density at radius 1 is 1.09 bits per heavy atom. The molecule has 116 valence electrons. The molecule has 6 heteroatoms. The van der Waals surface area contributed by atoms with Crippen LogP contribution in [0, 0.1) is 0 Å². The normalized spacial score (nSPS) is 10.5. The molecule has 0 bridgehead atoms. The fraction of sp³-hybridized carbons (Fsp3) is 0.118. The van der Waals surface area contributed by atoms with E-state index in [-0.39, 0.29) is 12.5 Å². The molecule has 0 unspecified atom stereocenters. The van der Waals surface area contributed by atoms with Crippen LogP contribution < -0.4 is 5.32 Å². The molecule has 1 N–H and O–H groups in total. The van der Waals surface area contributed by atoms with E-state index in [0.29, 0.717) is 28.7 Å². The van der Waals surface area contributed by atoms with Crippen molar-refractivity contribution < 1.29 is 9.32 Å². The van der Waals surface area contributed by atoms with E-state index in [1.54, 1.807) is 24.3 Å². The van der Waals surface area contributed by atoms with Crippen LogP contribution in [-0.2, 0) is 13.0 Å². The van der Waals surface area contributed by atoms with Crippen LogP contribution in [-0.4, -0.2) is 16.0 Å². The van der Waals surface area contributed by atoms with Crippen molar-refractivity contribution in [2.24, 2.45) is 0 Å². The summed E-state index contributed by atoms with van der Waals surface area (Å²) in [6.45, 7) is 0.208. The summed E-state index contributed by atoms with van der Waals surface area (Å²) in [5, 5.41) is 7.20. The Morgan fingerprint density at radius 3 is 2.57 bits per heavy atom. The highest BCUT2D eigenvalue weighted by Gasteiger charge is 2.10. The molecule has 0 saturated carbocycles. The standard InChI is InChI=1S/C17H14ClN3O2/c18-14-8-6-13(7-9-14)17(22)19-11-15-20-16(23-21-15)10-12-4-2-1-3-5-12/h1-9H,10-11H2,(H,19,22). The number of nitrogens with one attached hydrogen (secondary N) is 1. The van der Waals surface area contributed by atoms with Crippen LogP contribution in [0.1, 0.15) is 27.6 Å². The lowest BCUT2D eigenvalue weighted by Crippen LogP contribution is -2.23. The van der Waals surface area contributed by atoms with Gasteiger partial charge in [-0.3, -0.25) is 4.79 Å². The van der Waals surface area contributed by atoms with Crippen LogP contribution in [0.15, 0.2) is 59.1 Å². The summed E-state index contributed by atoms with van der Waals surface area (Å²) in [5.74, 6) is 0.751. The van der Waals surface area contributed by atoms with Gasteiger partial charge in [0.2, 0.25) is 5.89 Å². The predicted molar refractivity (Wildman–Crippen MR) is 86.2 cm³/mol. The van der Waals surface area contributed by atoms with E-state index in [9.17, 15) is 4.79 Å². The van der Waals surface area contributed by atoms with Crippen molar-refractivity contribution in [3.63, 3.8) is 0 Å². The summed E-state index contributed by atoms with van der Waals surface area (Å²) in [7, 11) is 0. The van der Waals surface area contributed by atoms with Crippen molar-refractivity contribution in [3.8, 4) is 0 Å². The van der Waals surface area contributed by atoms with Crippen LogP contribution in [0.2, 0.25) is 5.02 Å². The lowest BCUT2D eigenvalue weighted by atomic mass is 10.1. The Bertz CT molecular complexity index is 785. The van der Waals surface area contributed by atoms with Crippen molar-refractivity contribution in [1.82, 2.24) is 15.5 Å². The summed E-state index contributed by atoms with van der Waals surface area (Å²) in [6.07, 6.45) is 0.568. The second-order valence-electron chi connectivity index (χ2n) is 4.96. The first kappa shape index (κ1) is 15.2. The summed E-state index contributed by atoms with van der Waals surface area (Å²) >= 11 is 5.79.